The molecule has 0 atom stereocenters. The molecular formula is C14H23N3O2S. The molecule has 5 nitrogen and oxygen atoms in total. The maximum atomic E-state index is 12.7. The van der Waals surface area contributed by atoms with E-state index in [1.807, 2.05) is 0 Å². The van der Waals surface area contributed by atoms with Gasteiger partial charge in [-0.25, -0.2) is 0 Å². The van der Waals surface area contributed by atoms with Gasteiger partial charge in [0.15, 0.2) is 0 Å². The number of nitrogens with zero attached hydrogens (tertiary/aromatic N) is 1. The number of nitrogens with one attached hydrogen (secondary N) is 1. The van der Waals surface area contributed by atoms with Gasteiger partial charge in [-0.3, -0.25) is 9.59 Å². The number of carbonyl (C=O) groups excluding carboxylic acids is 2. The second kappa shape index (κ2) is 6.08. The van der Waals surface area contributed by atoms with Gasteiger partial charge in [-0.2, -0.15) is 0 Å². The van der Waals surface area contributed by atoms with Gasteiger partial charge in [0.25, 0.3) is 0 Å². The molecule has 0 aromatic heterocycles. The fourth-order valence-electron chi connectivity index (χ4n) is 2.87. The third-order valence-electron chi connectivity index (χ3n) is 4.26. The van der Waals surface area contributed by atoms with E-state index in [9.17, 15) is 9.59 Å². The minimum atomic E-state index is -0.734. The molecule has 0 aromatic rings. The predicted molar refractivity (Wildman–Crippen MR) is 81.1 cm³/mol. The Hall–Kier alpha value is -1.17. The summed E-state index contributed by atoms with van der Waals surface area (Å²) in [6, 6.07) is 0.310. The number of hydrogen-bond acceptors (Lipinski definition) is 3. The SMILES string of the molecule is CN(CC(=O)NC1CC1)C(=O)C1(C(N)=S)CCCCC1. The molecule has 2 aliphatic carbocycles. The average Bonchev–Trinajstić information content (AvgIpc) is 3.22. The Labute approximate surface area is 125 Å². The van der Waals surface area contributed by atoms with Crippen molar-refractivity contribution in [2.24, 2.45) is 11.1 Å². The first-order valence-electron chi connectivity index (χ1n) is 7.30. The van der Waals surface area contributed by atoms with E-state index < -0.39 is 5.41 Å². The van der Waals surface area contributed by atoms with Crippen molar-refractivity contribution in [3.63, 3.8) is 0 Å². The third kappa shape index (κ3) is 3.29. The highest BCUT2D eigenvalue weighted by Crippen LogP contribution is 2.38. The molecule has 0 bridgehead atoms. The lowest BCUT2D eigenvalue weighted by Gasteiger charge is -2.37. The van der Waals surface area contributed by atoms with E-state index in [1.54, 1.807) is 7.05 Å². The summed E-state index contributed by atoms with van der Waals surface area (Å²) in [6.45, 7) is 0.0830. The monoisotopic (exact) mass is 297 g/mol. The van der Waals surface area contributed by atoms with Crippen LogP contribution in [-0.4, -0.2) is 41.3 Å². The molecule has 0 heterocycles. The number of hydrogen-bond donors (Lipinski definition) is 2. The minimum absolute atomic E-state index is 0.0830. The van der Waals surface area contributed by atoms with Crippen molar-refractivity contribution in [3.05, 3.63) is 0 Å². The topological polar surface area (TPSA) is 75.4 Å². The Bertz CT molecular complexity index is 415. The Morgan fingerprint density at radius 3 is 2.40 bits per heavy atom. The Morgan fingerprint density at radius 2 is 1.90 bits per heavy atom. The largest absolute Gasteiger partial charge is 0.392 e. The van der Waals surface area contributed by atoms with Crippen molar-refractivity contribution in [3.8, 4) is 0 Å². The van der Waals surface area contributed by atoms with E-state index in [4.69, 9.17) is 18.0 Å². The van der Waals surface area contributed by atoms with Gasteiger partial charge in [0.2, 0.25) is 11.8 Å². The summed E-state index contributed by atoms with van der Waals surface area (Å²) in [5.41, 5.74) is 5.11. The summed E-state index contributed by atoms with van der Waals surface area (Å²) < 4.78 is 0. The normalized spacial score (nSPS) is 21.1. The summed E-state index contributed by atoms with van der Waals surface area (Å²) in [4.78, 5) is 26.2. The Morgan fingerprint density at radius 1 is 1.30 bits per heavy atom. The van der Waals surface area contributed by atoms with Crippen LogP contribution in [-0.2, 0) is 9.59 Å². The molecule has 2 fully saturated rings. The molecule has 0 aliphatic heterocycles. The molecule has 3 N–H and O–H groups in total. The van der Waals surface area contributed by atoms with E-state index in [0.717, 1.165) is 32.1 Å². The number of likely N-dealkylation sites (N-methyl/N-ethyl adjacent to an activating group) is 1. The quantitative estimate of drug-likeness (QED) is 0.741. The molecule has 2 saturated carbocycles. The number of thiocarbonyl (C=S) groups is 1. The van der Waals surface area contributed by atoms with Gasteiger partial charge < -0.3 is 16.0 Å². The van der Waals surface area contributed by atoms with Gasteiger partial charge in [-0.1, -0.05) is 31.5 Å². The smallest absolute Gasteiger partial charge is 0.239 e. The van der Waals surface area contributed by atoms with Gasteiger partial charge in [-0.05, 0) is 25.7 Å². The van der Waals surface area contributed by atoms with Crippen LogP contribution < -0.4 is 11.1 Å². The molecule has 0 radical (unpaired) electrons. The van der Waals surface area contributed by atoms with Crippen molar-refractivity contribution >= 4 is 29.0 Å². The summed E-state index contributed by atoms with van der Waals surface area (Å²) in [7, 11) is 1.66. The lowest BCUT2D eigenvalue weighted by atomic mass is 9.73. The van der Waals surface area contributed by atoms with Crippen molar-refractivity contribution < 1.29 is 9.59 Å². The summed E-state index contributed by atoms with van der Waals surface area (Å²) in [5.74, 6) is -0.201. The third-order valence-corrected chi connectivity index (χ3v) is 4.65. The highest BCUT2D eigenvalue weighted by Gasteiger charge is 2.44. The van der Waals surface area contributed by atoms with E-state index in [2.05, 4.69) is 5.32 Å². The van der Waals surface area contributed by atoms with Crippen LogP contribution in [0.3, 0.4) is 0 Å². The van der Waals surface area contributed by atoms with E-state index in [0.29, 0.717) is 18.9 Å². The number of amides is 2. The van der Waals surface area contributed by atoms with Gasteiger partial charge in [0.05, 0.1) is 16.9 Å². The lowest BCUT2D eigenvalue weighted by molar-refractivity contribution is -0.141. The second-order valence-electron chi connectivity index (χ2n) is 6.01. The van der Waals surface area contributed by atoms with Gasteiger partial charge in [-0.15, -0.1) is 0 Å². The molecule has 112 valence electrons. The average molecular weight is 297 g/mol. The molecular weight excluding hydrogens is 274 g/mol. The Balaban J connectivity index is 1.98. The van der Waals surface area contributed by atoms with E-state index in [1.165, 1.54) is 4.90 Å². The van der Waals surface area contributed by atoms with Gasteiger partial charge >= 0.3 is 0 Å². The van der Waals surface area contributed by atoms with E-state index >= 15 is 0 Å². The molecule has 2 aliphatic rings. The van der Waals surface area contributed by atoms with Crippen LogP contribution in [0.15, 0.2) is 0 Å². The predicted octanol–water partition coefficient (Wildman–Crippen LogP) is 0.960. The van der Waals surface area contributed by atoms with Gasteiger partial charge in [0, 0.05) is 13.1 Å². The van der Waals surface area contributed by atoms with Crippen molar-refractivity contribution in [1.82, 2.24) is 10.2 Å². The maximum absolute atomic E-state index is 12.7. The number of carbonyl (C=O) groups is 2. The summed E-state index contributed by atoms with van der Waals surface area (Å²) in [6.07, 6.45) is 6.53. The molecule has 2 rings (SSSR count). The maximum Gasteiger partial charge on any atom is 0.239 e. The van der Waals surface area contributed by atoms with Crippen LogP contribution in [0, 0.1) is 5.41 Å². The van der Waals surface area contributed by atoms with Gasteiger partial charge in [0.1, 0.15) is 0 Å². The molecule has 0 aromatic carbocycles. The molecule has 2 amide bonds. The first kappa shape index (κ1) is 15.2. The number of nitrogens with two attached hydrogens (primary N) is 1. The molecule has 20 heavy (non-hydrogen) atoms. The minimum Gasteiger partial charge on any atom is -0.392 e. The number of rotatable bonds is 5. The lowest BCUT2D eigenvalue weighted by Crippen LogP contribution is -2.52. The summed E-state index contributed by atoms with van der Waals surface area (Å²) >= 11 is 5.15. The zero-order valence-electron chi connectivity index (χ0n) is 12.0. The highest BCUT2D eigenvalue weighted by atomic mass is 32.1. The fourth-order valence-corrected chi connectivity index (χ4v) is 3.17. The highest BCUT2D eigenvalue weighted by molar-refractivity contribution is 7.80. The van der Waals surface area contributed by atoms with E-state index in [-0.39, 0.29) is 23.3 Å². The second-order valence-corrected chi connectivity index (χ2v) is 6.45. The Kier molecular flexibility index (Phi) is 4.62. The van der Waals surface area contributed by atoms with Crippen LogP contribution in [0.4, 0.5) is 0 Å². The molecule has 0 unspecified atom stereocenters. The standard InChI is InChI=1S/C14H23N3O2S/c1-17(9-11(18)16-10-5-6-10)13(19)14(12(15)20)7-3-2-4-8-14/h10H,2-9H2,1H3,(H2,15,20)(H,16,18). The van der Waals surface area contributed by atoms with Crippen LogP contribution in [0.1, 0.15) is 44.9 Å². The zero-order chi connectivity index (χ0) is 14.8. The van der Waals surface area contributed by atoms with Crippen molar-refractivity contribution in [1.29, 1.82) is 0 Å². The van der Waals surface area contributed by atoms with Crippen LogP contribution >= 0.6 is 12.2 Å². The molecule has 6 heteroatoms. The van der Waals surface area contributed by atoms with Crippen LogP contribution in [0.5, 0.6) is 0 Å². The van der Waals surface area contributed by atoms with Crippen LogP contribution in [0.2, 0.25) is 0 Å². The van der Waals surface area contributed by atoms with Crippen molar-refractivity contribution in [2.45, 2.75) is 51.0 Å². The first-order chi connectivity index (χ1) is 9.45. The first-order valence-corrected chi connectivity index (χ1v) is 7.71. The van der Waals surface area contributed by atoms with Crippen LogP contribution in [0.25, 0.3) is 0 Å². The van der Waals surface area contributed by atoms with Crippen molar-refractivity contribution in [2.75, 3.05) is 13.6 Å². The zero-order valence-corrected chi connectivity index (χ0v) is 12.8. The summed E-state index contributed by atoms with van der Waals surface area (Å²) in [5, 5.41) is 2.89. The molecule has 0 spiro atoms. The molecule has 0 saturated heterocycles. The fraction of sp³-hybridized carbons (Fsp3) is 0.786.